The summed E-state index contributed by atoms with van der Waals surface area (Å²) in [7, 11) is 0. The zero-order valence-electron chi connectivity index (χ0n) is 10.4. The Morgan fingerprint density at radius 2 is 1.76 bits per heavy atom. The molecule has 0 saturated heterocycles. The Labute approximate surface area is 101 Å². The molecule has 5 heteroatoms. The molecule has 0 spiro atoms. The highest BCUT2D eigenvalue weighted by Crippen LogP contribution is 2.05. The highest BCUT2D eigenvalue weighted by molar-refractivity contribution is 5.87. The standard InChI is InChI=1S/C8H14O3.C4H6O2/c1-3-4-5-7(2)8(10)11-6-9;1-3(2)4(5)6/h9H,2-6H2,1H3;1H2,2H3,(H,5,6). The Kier molecular flexibility index (Phi) is 11.4. The second-order valence-corrected chi connectivity index (χ2v) is 3.35. The summed E-state index contributed by atoms with van der Waals surface area (Å²) in [4.78, 5) is 20.4. The number of rotatable bonds is 6. The van der Waals surface area contributed by atoms with Gasteiger partial charge in [-0.2, -0.15) is 0 Å². The number of aliphatic hydroxyl groups is 1. The summed E-state index contributed by atoms with van der Waals surface area (Å²) in [6.45, 7) is 9.59. The Hall–Kier alpha value is -1.62. The summed E-state index contributed by atoms with van der Waals surface area (Å²) in [5, 5.41) is 16.1. The van der Waals surface area contributed by atoms with E-state index < -0.39 is 18.7 Å². The van der Waals surface area contributed by atoms with Gasteiger partial charge < -0.3 is 14.9 Å². The molecule has 0 atom stereocenters. The van der Waals surface area contributed by atoms with Crippen LogP contribution < -0.4 is 0 Å². The van der Waals surface area contributed by atoms with Crippen molar-refractivity contribution < 1.29 is 24.5 Å². The first-order valence-corrected chi connectivity index (χ1v) is 5.21. The second-order valence-electron chi connectivity index (χ2n) is 3.35. The van der Waals surface area contributed by atoms with Crippen molar-refractivity contribution in [3.05, 3.63) is 24.3 Å². The van der Waals surface area contributed by atoms with Crippen LogP contribution in [0.2, 0.25) is 0 Å². The van der Waals surface area contributed by atoms with Crippen LogP contribution in [0.5, 0.6) is 0 Å². The van der Waals surface area contributed by atoms with Gasteiger partial charge in [0.1, 0.15) is 0 Å². The molecule has 5 nitrogen and oxygen atoms in total. The third-order valence-electron chi connectivity index (χ3n) is 1.68. The van der Waals surface area contributed by atoms with E-state index in [2.05, 4.69) is 17.9 Å². The lowest BCUT2D eigenvalue weighted by atomic mass is 10.1. The van der Waals surface area contributed by atoms with E-state index in [-0.39, 0.29) is 5.57 Å². The number of aliphatic hydroxyl groups excluding tert-OH is 1. The quantitative estimate of drug-likeness (QED) is 0.423. The van der Waals surface area contributed by atoms with Crippen LogP contribution in [-0.4, -0.2) is 28.9 Å². The van der Waals surface area contributed by atoms with E-state index in [0.717, 1.165) is 12.8 Å². The number of hydrogen-bond donors (Lipinski definition) is 2. The molecule has 0 aliphatic heterocycles. The molecule has 17 heavy (non-hydrogen) atoms. The van der Waals surface area contributed by atoms with E-state index in [4.69, 9.17) is 10.2 Å². The second kappa shape index (κ2) is 10.9. The van der Waals surface area contributed by atoms with E-state index in [1.165, 1.54) is 6.92 Å². The predicted octanol–water partition coefficient (Wildman–Crippen LogP) is 1.87. The molecule has 0 saturated carbocycles. The summed E-state index contributed by atoms with van der Waals surface area (Å²) in [6, 6.07) is 0. The maximum absolute atomic E-state index is 10.8. The van der Waals surface area contributed by atoms with Crippen LogP contribution in [-0.2, 0) is 14.3 Å². The summed E-state index contributed by atoms with van der Waals surface area (Å²) in [5.41, 5.74) is 0.607. The molecule has 2 N–H and O–H groups in total. The Bertz CT molecular complexity index is 269. The average molecular weight is 244 g/mol. The van der Waals surface area contributed by atoms with Gasteiger partial charge in [-0.05, 0) is 19.8 Å². The van der Waals surface area contributed by atoms with Gasteiger partial charge in [-0.1, -0.05) is 26.5 Å². The SMILES string of the molecule is C=C(C)C(=O)O.C=C(CCCC)C(=O)OCO. The fourth-order valence-electron chi connectivity index (χ4n) is 0.653. The molecule has 0 aromatic heterocycles. The number of aliphatic carboxylic acids is 1. The topological polar surface area (TPSA) is 83.8 Å². The predicted molar refractivity (Wildman–Crippen MR) is 64.3 cm³/mol. The molecular weight excluding hydrogens is 224 g/mol. The first-order valence-electron chi connectivity index (χ1n) is 5.21. The molecule has 98 valence electrons. The third kappa shape index (κ3) is 12.3. The number of ether oxygens (including phenoxy) is 1. The molecule has 0 amide bonds. The molecule has 0 bridgehead atoms. The van der Waals surface area contributed by atoms with E-state index in [9.17, 15) is 9.59 Å². The van der Waals surface area contributed by atoms with Crippen molar-refractivity contribution in [2.45, 2.75) is 33.1 Å². The fraction of sp³-hybridized carbons (Fsp3) is 0.500. The summed E-state index contributed by atoms with van der Waals surface area (Å²) >= 11 is 0. The summed E-state index contributed by atoms with van der Waals surface area (Å²) in [6.07, 6.45) is 2.60. The van der Waals surface area contributed by atoms with Crippen LogP contribution in [0.3, 0.4) is 0 Å². The lowest BCUT2D eigenvalue weighted by Gasteiger charge is -2.02. The maximum atomic E-state index is 10.8. The highest BCUT2D eigenvalue weighted by Gasteiger charge is 2.05. The summed E-state index contributed by atoms with van der Waals surface area (Å²) in [5.74, 6) is -1.43. The minimum Gasteiger partial charge on any atom is -0.478 e. The Balaban J connectivity index is 0. The van der Waals surface area contributed by atoms with E-state index in [1.807, 2.05) is 6.92 Å². The molecule has 0 radical (unpaired) electrons. The molecule has 0 aliphatic carbocycles. The van der Waals surface area contributed by atoms with Crippen molar-refractivity contribution in [3.8, 4) is 0 Å². The number of carboxylic acid groups (broad SMARTS) is 1. The van der Waals surface area contributed by atoms with Gasteiger partial charge in [0, 0.05) is 11.1 Å². The lowest BCUT2D eigenvalue weighted by Crippen LogP contribution is -2.07. The highest BCUT2D eigenvalue weighted by atomic mass is 16.6. The normalized spacial score (nSPS) is 8.65. The maximum Gasteiger partial charge on any atom is 0.335 e. The monoisotopic (exact) mass is 244 g/mol. The zero-order chi connectivity index (χ0) is 13.8. The molecule has 0 aromatic carbocycles. The molecule has 0 fully saturated rings. The van der Waals surface area contributed by atoms with E-state index >= 15 is 0 Å². The van der Waals surface area contributed by atoms with Gasteiger partial charge in [0.15, 0.2) is 6.79 Å². The largest absolute Gasteiger partial charge is 0.478 e. The number of carbonyl (C=O) groups is 2. The Morgan fingerprint density at radius 3 is 2.06 bits per heavy atom. The zero-order valence-corrected chi connectivity index (χ0v) is 10.4. The number of hydrogen-bond acceptors (Lipinski definition) is 4. The average Bonchev–Trinajstić information content (AvgIpc) is 2.26. The van der Waals surface area contributed by atoms with Crippen molar-refractivity contribution in [1.82, 2.24) is 0 Å². The van der Waals surface area contributed by atoms with Crippen molar-refractivity contribution >= 4 is 11.9 Å². The molecular formula is C12H20O5. The first-order chi connectivity index (χ1) is 7.86. The number of carboxylic acids is 1. The Morgan fingerprint density at radius 1 is 1.29 bits per heavy atom. The van der Waals surface area contributed by atoms with Crippen molar-refractivity contribution in [3.63, 3.8) is 0 Å². The molecule has 0 heterocycles. The molecule has 0 rings (SSSR count). The number of carbonyl (C=O) groups excluding carboxylic acids is 1. The van der Waals surface area contributed by atoms with Crippen molar-refractivity contribution in [1.29, 1.82) is 0 Å². The van der Waals surface area contributed by atoms with Crippen LogP contribution in [0.4, 0.5) is 0 Å². The van der Waals surface area contributed by atoms with Crippen LogP contribution in [0.1, 0.15) is 33.1 Å². The van der Waals surface area contributed by atoms with Gasteiger partial charge in [0.25, 0.3) is 0 Å². The van der Waals surface area contributed by atoms with Gasteiger partial charge in [0.2, 0.25) is 0 Å². The van der Waals surface area contributed by atoms with Crippen molar-refractivity contribution in [2.75, 3.05) is 6.79 Å². The van der Waals surface area contributed by atoms with Crippen LogP contribution in [0, 0.1) is 0 Å². The van der Waals surface area contributed by atoms with Crippen LogP contribution >= 0.6 is 0 Å². The van der Waals surface area contributed by atoms with Crippen LogP contribution in [0.15, 0.2) is 24.3 Å². The van der Waals surface area contributed by atoms with Gasteiger partial charge in [0.05, 0.1) is 0 Å². The van der Waals surface area contributed by atoms with Crippen molar-refractivity contribution in [2.24, 2.45) is 0 Å². The fourth-order valence-corrected chi connectivity index (χ4v) is 0.653. The van der Waals surface area contributed by atoms with Gasteiger partial charge in [-0.15, -0.1) is 0 Å². The number of esters is 1. The molecule has 0 aromatic rings. The first kappa shape index (κ1) is 17.8. The number of unbranched alkanes of at least 4 members (excludes halogenated alkanes) is 1. The smallest absolute Gasteiger partial charge is 0.335 e. The lowest BCUT2D eigenvalue weighted by molar-refractivity contribution is -0.147. The minimum atomic E-state index is -0.935. The minimum absolute atomic E-state index is 0.176. The van der Waals surface area contributed by atoms with E-state index in [1.54, 1.807) is 0 Å². The third-order valence-corrected chi connectivity index (χ3v) is 1.68. The van der Waals surface area contributed by atoms with Crippen LogP contribution in [0.25, 0.3) is 0 Å². The van der Waals surface area contributed by atoms with Gasteiger partial charge in [-0.25, -0.2) is 9.59 Å². The van der Waals surface area contributed by atoms with Gasteiger partial charge in [-0.3, -0.25) is 0 Å². The van der Waals surface area contributed by atoms with E-state index in [0.29, 0.717) is 12.0 Å². The molecule has 0 unspecified atom stereocenters. The van der Waals surface area contributed by atoms with Gasteiger partial charge >= 0.3 is 11.9 Å². The molecule has 0 aliphatic rings. The summed E-state index contributed by atoms with van der Waals surface area (Å²) < 4.78 is 4.32.